The van der Waals surface area contributed by atoms with E-state index in [9.17, 15) is 0 Å². The zero-order chi connectivity index (χ0) is 14.8. The van der Waals surface area contributed by atoms with E-state index in [0.29, 0.717) is 12.6 Å². The lowest BCUT2D eigenvalue weighted by molar-refractivity contribution is 0.272. The summed E-state index contributed by atoms with van der Waals surface area (Å²) in [7, 11) is 0. The Balaban J connectivity index is 2.67. The molecule has 1 aromatic carbocycles. The van der Waals surface area contributed by atoms with Crippen LogP contribution in [-0.4, -0.2) is 19.3 Å². The van der Waals surface area contributed by atoms with E-state index >= 15 is 0 Å². The smallest absolute Gasteiger partial charge is 0.161 e. The fraction of sp³-hybridized carbons (Fsp3) is 0.647. The van der Waals surface area contributed by atoms with Gasteiger partial charge in [-0.25, -0.2) is 0 Å². The molecule has 0 radical (unpaired) electrons. The highest BCUT2D eigenvalue weighted by Gasteiger charge is 2.07. The second-order valence-corrected chi connectivity index (χ2v) is 5.11. The normalized spacial score (nSPS) is 12.2. The SMILES string of the molecule is CCCCOc1ccc(CN[C@@H](C)CC)cc1OCC. The molecule has 1 rings (SSSR count). The maximum Gasteiger partial charge on any atom is 0.161 e. The van der Waals surface area contributed by atoms with Gasteiger partial charge in [0.1, 0.15) is 0 Å². The van der Waals surface area contributed by atoms with Gasteiger partial charge in [-0.15, -0.1) is 0 Å². The standard InChI is InChI=1S/C17H29NO2/c1-5-8-11-20-16-10-9-15(12-17(16)19-7-3)13-18-14(4)6-2/h9-10,12,14,18H,5-8,11,13H2,1-4H3/t14-/m0/s1. The first-order chi connectivity index (χ1) is 9.71. The molecule has 0 aromatic heterocycles. The summed E-state index contributed by atoms with van der Waals surface area (Å²) in [6, 6.07) is 6.75. The van der Waals surface area contributed by atoms with E-state index in [1.807, 2.05) is 13.0 Å². The van der Waals surface area contributed by atoms with Crippen molar-refractivity contribution in [3.63, 3.8) is 0 Å². The van der Waals surface area contributed by atoms with Crippen molar-refractivity contribution in [2.24, 2.45) is 0 Å². The molecular formula is C17H29NO2. The van der Waals surface area contributed by atoms with Crippen molar-refractivity contribution in [3.8, 4) is 11.5 Å². The van der Waals surface area contributed by atoms with Crippen LogP contribution in [0.2, 0.25) is 0 Å². The van der Waals surface area contributed by atoms with Crippen LogP contribution in [0, 0.1) is 0 Å². The van der Waals surface area contributed by atoms with E-state index in [2.05, 4.69) is 38.2 Å². The Morgan fingerprint density at radius 1 is 1.10 bits per heavy atom. The van der Waals surface area contributed by atoms with E-state index in [-0.39, 0.29) is 0 Å². The third-order valence-corrected chi connectivity index (χ3v) is 3.33. The van der Waals surface area contributed by atoms with Gasteiger partial charge in [0.25, 0.3) is 0 Å². The predicted molar refractivity (Wildman–Crippen MR) is 84.6 cm³/mol. The van der Waals surface area contributed by atoms with Crippen LogP contribution in [0.4, 0.5) is 0 Å². The number of hydrogen-bond acceptors (Lipinski definition) is 3. The van der Waals surface area contributed by atoms with Gasteiger partial charge in [0.2, 0.25) is 0 Å². The molecule has 0 saturated heterocycles. The van der Waals surface area contributed by atoms with Crippen molar-refractivity contribution < 1.29 is 9.47 Å². The Morgan fingerprint density at radius 2 is 1.90 bits per heavy atom. The van der Waals surface area contributed by atoms with Crippen LogP contribution in [0.5, 0.6) is 11.5 Å². The molecule has 0 aliphatic heterocycles. The lowest BCUT2D eigenvalue weighted by Gasteiger charge is -2.15. The average Bonchev–Trinajstić information content (AvgIpc) is 2.47. The van der Waals surface area contributed by atoms with E-state index in [1.165, 1.54) is 5.56 Å². The van der Waals surface area contributed by atoms with Crippen molar-refractivity contribution in [2.45, 2.75) is 59.5 Å². The fourth-order valence-corrected chi connectivity index (χ4v) is 1.81. The first-order valence-corrected chi connectivity index (χ1v) is 7.83. The van der Waals surface area contributed by atoms with E-state index < -0.39 is 0 Å². The van der Waals surface area contributed by atoms with Gasteiger partial charge in [0.15, 0.2) is 11.5 Å². The molecule has 3 heteroatoms. The Morgan fingerprint density at radius 3 is 2.55 bits per heavy atom. The first kappa shape index (κ1) is 16.8. The second-order valence-electron chi connectivity index (χ2n) is 5.11. The van der Waals surface area contributed by atoms with Gasteiger partial charge >= 0.3 is 0 Å². The molecular weight excluding hydrogens is 250 g/mol. The summed E-state index contributed by atoms with van der Waals surface area (Å²) < 4.78 is 11.5. The highest BCUT2D eigenvalue weighted by atomic mass is 16.5. The van der Waals surface area contributed by atoms with Gasteiger partial charge < -0.3 is 14.8 Å². The number of hydrogen-bond donors (Lipinski definition) is 1. The number of nitrogens with one attached hydrogen (secondary N) is 1. The van der Waals surface area contributed by atoms with Gasteiger partial charge in [-0.2, -0.15) is 0 Å². The van der Waals surface area contributed by atoms with Crippen LogP contribution in [0.15, 0.2) is 18.2 Å². The van der Waals surface area contributed by atoms with Gasteiger partial charge in [0.05, 0.1) is 13.2 Å². The summed E-state index contributed by atoms with van der Waals surface area (Å²) in [5.74, 6) is 1.71. The van der Waals surface area contributed by atoms with Crippen molar-refractivity contribution in [3.05, 3.63) is 23.8 Å². The molecule has 20 heavy (non-hydrogen) atoms. The predicted octanol–water partition coefficient (Wildman–Crippen LogP) is 4.15. The molecule has 0 heterocycles. The maximum absolute atomic E-state index is 5.79. The van der Waals surface area contributed by atoms with Crippen molar-refractivity contribution in [1.29, 1.82) is 0 Å². The lowest BCUT2D eigenvalue weighted by atomic mass is 10.1. The minimum absolute atomic E-state index is 0.533. The molecule has 1 aromatic rings. The summed E-state index contributed by atoms with van der Waals surface area (Å²) >= 11 is 0. The molecule has 0 aliphatic carbocycles. The Bertz CT molecular complexity index is 379. The topological polar surface area (TPSA) is 30.5 Å². The second kappa shape index (κ2) is 9.65. The van der Waals surface area contributed by atoms with Crippen LogP contribution in [0.3, 0.4) is 0 Å². The first-order valence-electron chi connectivity index (χ1n) is 7.83. The summed E-state index contributed by atoms with van der Waals surface area (Å²) in [5.41, 5.74) is 1.23. The van der Waals surface area contributed by atoms with Gasteiger partial charge in [-0.3, -0.25) is 0 Å². The van der Waals surface area contributed by atoms with Crippen LogP contribution in [0.1, 0.15) is 52.5 Å². The van der Waals surface area contributed by atoms with Gasteiger partial charge in [-0.05, 0) is 44.4 Å². The molecule has 3 nitrogen and oxygen atoms in total. The minimum atomic E-state index is 0.533. The number of benzene rings is 1. The number of unbranched alkanes of at least 4 members (excludes halogenated alkanes) is 1. The molecule has 0 bridgehead atoms. The number of ether oxygens (including phenoxy) is 2. The highest BCUT2D eigenvalue weighted by Crippen LogP contribution is 2.28. The third kappa shape index (κ3) is 5.83. The Hall–Kier alpha value is -1.22. The van der Waals surface area contributed by atoms with Gasteiger partial charge in [0, 0.05) is 12.6 Å². The van der Waals surface area contributed by atoms with Crippen molar-refractivity contribution >= 4 is 0 Å². The zero-order valence-corrected chi connectivity index (χ0v) is 13.4. The molecule has 1 atom stereocenters. The lowest BCUT2D eigenvalue weighted by Crippen LogP contribution is -2.24. The summed E-state index contributed by atoms with van der Waals surface area (Å²) in [6.07, 6.45) is 3.35. The molecule has 0 spiro atoms. The quantitative estimate of drug-likeness (QED) is 0.653. The summed E-state index contributed by atoms with van der Waals surface area (Å²) in [6.45, 7) is 10.8. The average molecular weight is 279 g/mol. The van der Waals surface area contributed by atoms with E-state index in [1.54, 1.807) is 0 Å². The molecule has 0 aliphatic rings. The van der Waals surface area contributed by atoms with Crippen LogP contribution >= 0.6 is 0 Å². The maximum atomic E-state index is 5.79. The molecule has 0 saturated carbocycles. The molecule has 0 unspecified atom stereocenters. The third-order valence-electron chi connectivity index (χ3n) is 3.33. The number of rotatable bonds is 10. The van der Waals surface area contributed by atoms with Crippen LogP contribution < -0.4 is 14.8 Å². The summed E-state index contributed by atoms with van der Waals surface area (Å²) in [4.78, 5) is 0. The monoisotopic (exact) mass is 279 g/mol. The minimum Gasteiger partial charge on any atom is -0.490 e. The molecule has 0 amide bonds. The Labute approximate surface area is 123 Å². The highest BCUT2D eigenvalue weighted by molar-refractivity contribution is 5.43. The van der Waals surface area contributed by atoms with Crippen LogP contribution in [-0.2, 0) is 6.54 Å². The molecule has 0 fully saturated rings. The molecule has 114 valence electrons. The molecule has 1 N–H and O–H groups in total. The Kier molecular flexibility index (Phi) is 8.12. The van der Waals surface area contributed by atoms with Crippen molar-refractivity contribution in [2.75, 3.05) is 13.2 Å². The van der Waals surface area contributed by atoms with E-state index in [0.717, 1.165) is 43.9 Å². The van der Waals surface area contributed by atoms with Crippen LogP contribution in [0.25, 0.3) is 0 Å². The summed E-state index contributed by atoms with van der Waals surface area (Å²) in [5, 5.41) is 3.49. The van der Waals surface area contributed by atoms with Gasteiger partial charge in [-0.1, -0.05) is 26.3 Å². The zero-order valence-electron chi connectivity index (χ0n) is 13.4. The fourth-order valence-electron chi connectivity index (χ4n) is 1.81. The van der Waals surface area contributed by atoms with E-state index in [4.69, 9.17) is 9.47 Å². The van der Waals surface area contributed by atoms with Crippen molar-refractivity contribution in [1.82, 2.24) is 5.32 Å². The largest absolute Gasteiger partial charge is 0.490 e.